The zero-order valence-electron chi connectivity index (χ0n) is 12.8. The van der Waals surface area contributed by atoms with Gasteiger partial charge >= 0.3 is 59.1 Å². The van der Waals surface area contributed by atoms with E-state index in [0.717, 1.165) is 0 Å². The van der Waals surface area contributed by atoms with Gasteiger partial charge in [-0.2, -0.15) is 0 Å². The first kappa shape index (κ1) is 36.1. The summed E-state index contributed by atoms with van der Waals surface area (Å²) in [4.78, 5) is 39.2. The fraction of sp³-hybridized carbons (Fsp3) is 0.125. The van der Waals surface area contributed by atoms with Gasteiger partial charge in [0.15, 0.2) is 25.8 Å². The molecule has 11 nitrogen and oxygen atoms in total. The van der Waals surface area contributed by atoms with Crippen molar-refractivity contribution in [1.82, 2.24) is 5.32 Å². The molecule has 0 aliphatic heterocycles. The predicted octanol–water partition coefficient (Wildman–Crippen LogP) is -9.12. The van der Waals surface area contributed by atoms with E-state index in [9.17, 15) is 18.9 Å². The van der Waals surface area contributed by atoms with Crippen molar-refractivity contribution in [3.05, 3.63) is 30.3 Å². The standard InChI is InChI=1S/C8H12N2O6P2S.2Na.3H2O/c11-17(12,13)8(18(14,15)16)10-7(19)9-6-4-2-1-3-5-6;;;;;/h1-5,8H,(H2,9,10,19)(H2,11,12,13)(H2,14,15,16);;;3*1H2/q;2*+1;;;/p-2. The summed E-state index contributed by atoms with van der Waals surface area (Å²) in [6.45, 7) is 0. The van der Waals surface area contributed by atoms with Crippen molar-refractivity contribution < 1.29 is 104 Å². The Morgan fingerprint density at radius 2 is 1.38 bits per heavy atom. The predicted molar refractivity (Wildman–Crippen MR) is 80.1 cm³/mol. The molecule has 1 aromatic carbocycles. The second-order valence-electron chi connectivity index (χ2n) is 3.47. The molecule has 0 radical (unpaired) electrons. The molecule has 0 saturated carbocycles. The monoisotopic (exact) mass is 424 g/mol. The molecule has 1 rings (SSSR count). The minimum Gasteiger partial charge on any atom is -0.777 e. The summed E-state index contributed by atoms with van der Waals surface area (Å²) >= 11 is 4.69. The van der Waals surface area contributed by atoms with Gasteiger partial charge in [-0.3, -0.25) is 0 Å². The minimum atomic E-state index is -5.37. The van der Waals surface area contributed by atoms with E-state index in [0.29, 0.717) is 5.69 Å². The number of para-hydroxylation sites is 1. The Labute approximate surface area is 187 Å². The Kier molecular flexibility index (Phi) is 22.8. The first-order valence-electron chi connectivity index (χ1n) is 4.80. The minimum absolute atomic E-state index is 0. The van der Waals surface area contributed by atoms with Gasteiger partial charge in [0.2, 0.25) is 0 Å². The van der Waals surface area contributed by atoms with E-state index in [2.05, 4.69) is 17.5 Å². The van der Waals surface area contributed by atoms with Gasteiger partial charge in [-0.1, -0.05) is 18.2 Å². The Hall–Kier alpha value is 1.09. The van der Waals surface area contributed by atoms with Crippen LogP contribution in [0.2, 0.25) is 0 Å². The number of hydrogen-bond donors (Lipinski definition) is 4. The van der Waals surface area contributed by atoms with Crippen molar-refractivity contribution in [2.24, 2.45) is 0 Å². The SMILES string of the molecule is O.O.O.O=P([O-])(O)C(NC(=S)Nc1ccccc1)P(=O)([O-])O.[Na+].[Na+]. The number of hydrogen-bond acceptors (Lipinski definition) is 5. The van der Waals surface area contributed by atoms with Crippen LogP contribution in [0.4, 0.5) is 5.69 Å². The number of nitrogens with one attached hydrogen (secondary N) is 2. The Morgan fingerprint density at radius 1 is 1.00 bits per heavy atom. The van der Waals surface area contributed by atoms with Crippen LogP contribution in [0, 0.1) is 0 Å². The number of thiocarbonyl (C=S) groups is 1. The van der Waals surface area contributed by atoms with E-state index in [-0.39, 0.29) is 80.7 Å². The molecule has 1 aromatic rings. The zero-order chi connectivity index (χ0) is 14.7. The first-order chi connectivity index (χ1) is 8.60. The topological polar surface area (TPSA) is 239 Å². The van der Waals surface area contributed by atoms with Crippen LogP contribution < -0.4 is 79.5 Å². The second-order valence-corrected chi connectivity index (χ2v) is 7.57. The van der Waals surface area contributed by atoms with E-state index in [1.807, 2.05) is 5.32 Å². The van der Waals surface area contributed by atoms with Crippen LogP contribution in [0.1, 0.15) is 0 Å². The van der Waals surface area contributed by atoms with Gasteiger partial charge < -0.3 is 55.8 Å². The molecule has 0 bridgehead atoms. The van der Waals surface area contributed by atoms with E-state index >= 15 is 0 Å². The van der Waals surface area contributed by atoms with E-state index in [4.69, 9.17) is 9.79 Å². The summed E-state index contributed by atoms with van der Waals surface area (Å²) in [6, 6.07) is 8.24. The molecule has 0 aromatic heterocycles. The summed E-state index contributed by atoms with van der Waals surface area (Å²) in [7, 11) is -10.7. The smallest absolute Gasteiger partial charge is 0.777 e. The maximum Gasteiger partial charge on any atom is 1.00 e. The number of rotatable bonds is 4. The van der Waals surface area contributed by atoms with Crippen molar-refractivity contribution in [2.45, 2.75) is 5.52 Å². The molecule has 2 unspecified atom stereocenters. The molecular weight excluding hydrogens is 408 g/mol. The van der Waals surface area contributed by atoms with Crippen molar-refractivity contribution in [3.8, 4) is 0 Å². The van der Waals surface area contributed by atoms with Gasteiger partial charge in [-0.25, -0.2) is 0 Å². The maximum atomic E-state index is 10.9. The average molecular weight is 424 g/mol. The summed E-state index contributed by atoms with van der Waals surface area (Å²) in [5.41, 5.74) is -2.13. The molecule has 2 atom stereocenters. The molecule has 16 heteroatoms. The molecule has 10 N–H and O–H groups in total. The Balaban J connectivity index is -0.000000241. The molecule has 0 aliphatic carbocycles. The quantitative estimate of drug-likeness (QED) is 0.203. The van der Waals surface area contributed by atoms with Gasteiger partial charge in [-0.05, 0) is 24.4 Å². The maximum absolute atomic E-state index is 10.9. The molecule has 130 valence electrons. The molecule has 0 heterocycles. The third-order valence-electron chi connectivity index (χ3n) is 1.91. The number of anilines is 1. The molecule has 0 spiro atoms. The van der Waals surface area contributed by atoms with Crippen molar-refractivity contribution >= 4 is 38.2 Å². The summed E-state index contributed by atoms with van der Waals surface area (Å²) in [6.07, 6.45) is 0. The van der Waals surface area contributed by atoms with E-state index in [1.165, 1.54) is 0 Å². The zero-order valence-corrected chi connectivity index (χ0v) is 19.4. The van der Waals surface area contributed by atoms with Crippen molar-refractivity contribution in [3.63, 3.8) is 0 Å². The van der Waals surface area contributed by atoms with Crippen LogP contribution in [0.3, 0.4) is 0 Å². The molecule has 0 saturated heterocycles. The largest absolute Gasteiger partial charge is 1.00 e. The molecular formula is C8H16N2Na2O9P2S. The van der Waals surface area contributed by atoms with Gasteiger partial charge in [-0.15, -0.1) is 0 Å². The fourth-order valence-corrected chi connectivity index (χ4v) is 3.62. The normalized spacial score (nSPS) is 14.8. The van der Waals surface area contributed by atoms with Gasteiger partial charge in [0.05, 0.1) is 0 Å². The Morgan fingerprint density at radius 3 is 1.71 bits per heavy atom. The van der Waals surface area contributed by atoms with Gasteiger partial charge in [0.25, 0.3) is 0 Å². The van der Waals surface area contributed by atoms with Crippen LogP contribution >= 0.6 is 27.4 Å². The molecule has 24 heavy (non-hydrogen) atoms. The van der Waals surface area contributed by atoms with E-state index < -0.39 is 20.7 Å². The van der Waals surface area contributed by atoms with Crippen LogP contribution in [-0.2, 0) is 9.13 Å². The Bertz CT molecular complexity index is 534. The third-order valence-corrected chi connectivity index (χ3v) is 5.38. The number of benzene rings is 1. The molecule has 0 amide bonds. The van der Waals surface area contributed by atoms with Gasteiger partial charge in [0.1, 0.15) is 0 Å². The van der Waals surface area contributed by atoms with Crippen molar-refractivity contribution in [2.75, 3.05) is 5.32 Å². The fourth-order valence-electron chi connectivity index (χ4n) is 1.15. The van der Waals surface area contributed by atoms with Crippen LogP contribution in [0.5, 0.6) is 0 Å². The second kappa shape index (κ2) is 15.2. The summed E-state index contributed by atoms with van der Waals surface area (Å²) in [5, 5.41) is 3.93. The summed E-state index contributed by atoms with van der Waals surface area (Å²) < 4.78 is 21.7. The summed E-state index contributed by atoms with van der Waals surface area (Å²) in [5.74, 6) is 0. The average Bonchev–Trinajstić information content (AvgIpc) is 2.24. The van der Waals surface area contributed by atoms with Crippen LogP contribution in [0.15, 0.2) is 30.3 Å². The van der Waals surface area contributed by atoms with Crippen LogP contribution in [0.25, 0.3) is 0 Å². The van der Waals surface area contributed by atoms with E-state index in [1.54, 1.807) is 30.3 Å². The molecule has 0 fully saturated rings. The third kappa shape index (κ3) is 13.3. The molecule has 0 aliphatic rings. The van der Waals surface area contributed by atoms with Gasteiger partial charge in [0, 0.05) is 5.69 Å². The van der Waals surface area contributed by atoms with Crippen molar-refractivity contribution in [1.29, 1.82) is 0 Å². The van der Waals surface area contributed by atoms with Crippen LogP contribution in [-0.4, -0.2) is 36.9 Å². The first-order valence-corrected chi connectivity index (χ1v) is 8.50.